The summed E-state index contributed by atoms with van der Waals surface area (Å²) in [5.41, 5.74) is 7.86. The lowest BCUT2D eigenvalue weighted by Gasteiger charge is -2.08. The number of hydrogen-bond donors (Lipinski definition) is 1. The Morgan fingerprint density at radius 1 is 1.43 bits per heavy atom. The van der Waals surface area contributed by atoms with Crippen molar-refractivity contribution < 1.29 is 0 Å². The molecule has 74 valence electrons. The highest BCUT2D eigenvalue weighted by atomic mass is 15.3. The molecule has 2 rings (SSSR count). The minimum Gasteiger partial charge on any atom is -0.336 e. The van der Waals surface area contributed by atoms with Gasteiger partial charge < -0.3 is 10.3 Å². The molecule has 2 heterocycles. The summed E-state index contributed by atoms with van der Waals surface area (Å²) in [6.45, 7) is 0. The lowest BCUT2D eigenvalue weighted by Crippen LogP contribution is -2.16. The van der Waals surface area contributed by atoms with Crippen LogP contribution in [0.25, 0.3) is 0 Å². The highest BCUT2D eigenvalue weighted by Crippen LogP contribution is 2.15. The molecule has 0 saturated carbocycles. The number of rotatable bonds is 2. The van der Waals surface area contributed by atoms with E-state index >= 15 is 0 Å². The summed E-state index contributed by atoms with van der Waals surface area (Å²) in [5.74, 6) is 0. The predicted octanol–water partition coefficient (Wildman–Crippen LogP) is 0.202. The van der Waals surface area contributed by atoms with Crippen molar-refractivity contribution in [3.63, 3.8) is 0 Å². The van der Waals surface area contributed by atoms with Crippen molar-refractivity contribution in [2.45, 2.75) is 6.04 Å². The van der Waals surface area contributed by atoms with Crippen LogP contribution in [-0.4, -0.2) is 19.3 Å². The fraction of sp³-hybridized carbons (Fsp3) is 0.333. The summed E-state index contributed by atoms with van der Waals surface area (Å²) in [6.07, 6.45) is 5.38. The molecule has 0 aliphatic heterocycles. The first-order valence-electron chi connectivity index (χ1n) is 4.40. The third-order valence-corrected chi connectivity index (χ3v) is 2.23. The molecular weight excluding hydrogens is 178 g/mol. The molecule has 0 fully saturated rings. The maximum absolute atomic E-state index is 6.04. The minimum absolute atomic E-state index is 0.205. The first-order valence-corrected chi connectivity index (χ1v) is 4.40. The number of aromatic nitrogens is 4. The van der Waals surface area contributed by atoms with E-state index in [0.29, 0.717) is 0 Å². The summed E-state index contributed by atoms with van der Waals surface area (Å²) in [5, 5.41) is 4.26. The Morgan fingerprint density at radius 2 is 2.21 bits per heavy atom. The van der Waals surface area contributed by atoms with Crippen LogP contribution in [0.3, 0.4) is 0 Å². The van der Waals surface area contributed by atoms with E-state index in [-0.39, 0.29) is 6.04 Å². The SMILES string of the molecule is Cn1ccc(C(N)c2cncn2C)n1. The monoisotopic (exact) mass is 191 g/mol. The lowest BCUT2D eigenvalue weighted by molar-refractivity contribution is 0.684. The Hall–Kier alpha value is -1.62. The molecule has 1 unspecified atom stereocenters. The maximum Gasteiger partial charge on any atom is 0.0946 e. The van der Waals surface area contributed by atoms with Gasteiger partial charge in [0.1, 0.15) is 0 Å². The van der Waals surface area contributed by atoms with Gasteiger partial charge in [0.25, 0.3) is 0 Å². The molecule has 0 aromatic carbocycles. The van der Waals surface area contributed by atoms with Crippen LogP contribution in [0, 0.1) is 0 Å². The van der Waals surface area contributed by atoms with Crippen molar-refractivity contribution in [2.24, 2.45) is 19.8 Å². The first-order chi connectivity index (χ1) is 6.68. The third kappa shape index (κ3) is 1.42. The van der Waals surface area contributed by atoms with Gasteiger partial charge in [-0.15, -0.1) is 0 Å². The summed E-state index contributed by atoms with van der Waals surface area (Å²) in [7, 11) is 3.80. The fourth-order valence-corrected chi connectivity index (χ4v) is 1.42. The van der Waals surface area contributed by atoms with Crippen LogP contribution in [0.15, 0.2) is 24.8 Å². The number of aryl methyl sites for hydroxylation is 2. The van der Waals surface area contributed by atoms with Crippen LogP contribution in [0.5, 0.6) is 0 Å². The van der Waals surface area contributed by atoms with Crippen molar-refractivity contribution in [2.75, 3.05) is 0 Å². The van der Waals surface area contributed by atoms with Gasteiger partial charge in [-0.25, -0.2) is 4.98 Å². The highest BCUT2D eigenvalue weighted by molar-refractivity contribution is 5.18. The molecule has 0 spiro atoms. The molecule has 0 amide bonds. The largest absolute Gasteiger partial charge is 0.336 e. The third-order valence-electron chi connectivity index (χ3n) is 2.23. The molecule has 0 aliphatic carbocycles. The predicted molar refractivity (Wildman–Crippen MR) is 52.4 cm³/mol. The van der Waals surface area contributed by atoms with Gasteiger partial charge in [-0.1, -0.05) is 0 Å². The van der Waals surface area contributed by atoms with E-state index in [9.17, 15) is 0 Å². The van der Waals surface area contributed by atoms with Gasteiger partial charge in [0.05, 0.1) is 30.0 Å². The van der Waals surface area contributed by atoms with Gasteiger partial charge in [0, 0.05) is 20.3 Å². The summed E-state index contributed by atoms with van der Waals surface area (Å²) in [6, 6.07) is 1.71. The molecule has 2 N–H and O–H groups in total. The molecule has 2 aromatic rings. The van der Waals surface area contributed by atoms with Gasteiger partial charge >= 0.3 is 0 Å². The van der Waals surface area contributed by atoms with Crippen LogP contribution in [0.2, 0.25) is 0 Å². The van der Waals surface area contributed by atoms with Gasteiger partial charge in [-0.2, -0.15) is 5.10 Å². The average Bonchev–Trinajstić information content (AvgIpc) is 2.73. The first kappa shape index (κ1) is 8.96. The lowest BCUT2D eigenvalue weighted by atomic mass is 10.2. The Balaban J connectivity index is 2.33. The van der Waals surface area contributed by atoms with Gasteiger partial charge in [-0.3, -0.25) is 4.68 Å². The Bertz CT molecular complexity index is 428. The van der Waals surface area contributed by atoms with Crippen molar-refractivity contribution in [3.8, 4) is 0 Å². The molecule has 0 saturated heterocycles. The summed E-state index contributed by atoms with van der Waals surface area (Å²) >= 11 is 0. The zero-order valence-corrected chi connectivity index (χ0v) is 8.25. The smallest absolute Gasteiger partial charge is 0.0946 e. The number of nitrogens with two attached hydrogens (primary N) is 1. The van der Waals surface area contributed by atoms with Crippen LogP contribution in [0.1, 0.15) is 17.4 Å². The van der Waals surface area contributed by atoms with Crippen LogP contribution in [0.4, 0.5) is 0 Å². The molecule has 5 heteroatoms. The number of hydrogen-bond acceptors (Lipinski definition) is 3. The Morgan fingerprint density at radius 3 is 2.71 bits per heavy atom. The summed E-state index contributed by atoms with van der Waals surface area (Å²) in [4.78, 5) is 4.02. The van der Waals surface area contributed by atoms with E-state index < -0.39 is 0 Å². The normalized spacial score (nSPS) is 13.1. The van der Waals surface area contributed by atoms with Crippen molar-refractivity contribution in [3.05, 3.63) is 36.2 Å². The molecule has 2 aromatic heterocycles. The van der Waals surface area contributed by atoms with E-state index in [1.54, 1.807) is 17.2 Å². The van der Waals surface area contributed by atoms with E-state index in [0.717, 1.165) is 11.4 Å². The second-order valence-corrected chi connectivity index (χ2v) is 3.32. The van der Waals surface area contributed by atoms with Crippen molar-refractivity contribution in [1.82, 2.24) is 19.3 Å². The quantitative estimate of drug-likeness (QED) is 0.737. The molecule has 1 atom stereocenters. The zero-order chi connectivity index (χ0) is 10.1. The molecule has 0 radical (unpaired) electrons. The van der Waals surface area contributed by atoms with Gasteiger partial charge in [0.15, 0.2) is 0 Å². The van der Waals surface area contributed by atoms with Gasteiger partial charge in [-0.05, 0) is 6.07 Å². The van der Waals surface area contributed by atoms with Crippen LogP contribution in [-0.2, 0) is 14.1 Å². The van der Waals surface area contributed by atoms with E-state index in [1.807, 2.05) is 30.9 Å². The molecule has 0 bridgehead atoms. The average molecular weight is 191 g/mol. The fourth-order valence-electron chi connectivity index (χ4n) is 1.42. The molecule has 14 heavy (non-hydrogen) atoms. The van der Waals surface area contributed by atoms with E-state index in [1.165, 1.54) is 0 Å². The number of nitrogens with zero attached hydrogens (tertiary/aromatic N) is 4. The van der Waals surface area contributed by atoms with Crippen LogP contribution < -0.4 is 5.73 Å². The maximum atomic E-state index is 6.04. The molecule has 0 aliphatic rings. The topological polar surface area (TPSA) is 61.7 Å². The standard InChI is InChI=1S/C9H13N5/c1-13-6-11-5-8(13)9(10)7-3-4-14(2)12-7/h3-6,9H,10H2,1-2H3. The Kier molecular flexibility index (Phi) is 2.09. The second-order valence-electron chi connectivity index (χ2n) is 3.32. The minimum atomic E-state index is -0.205. The zero-order valence-electron chi connectivity index (χ0n) is 8.25. The highest BCUT2D eigenvalue weighted by Gasteiger charge is 2.14. The van der Waals surface area contributed by atoms with E-state index in [4.69, 9.17) is 5.73 Å². The molecular formula is C9H13N5. The second kappa shape index (κ2) is 3.26. The van der Waals surface area contributed by atoms with Crippen molar-refractivity contribution >= 4 is 0 Å². The van der Waals surface area contributed by atoms with Crippen molar-refractivity contribution in [1.29, 1.82) is 0 Å². The van der Waals surface area contributed by atoms with E-state index in [2.05, 4.69) is 10.1 Å². The van der Waals surface area contributed by atoms with Gasteiger partial charge in [0.2, 0.25) is 0 Å². The Labute approximate surface area is 82.2 Å². The summed E-state index contributed by atoms with van der Waals surface area (Å²) < 4.78 is 3.64. The number of imidazole rings is 1. The molecule has 5 nitrogen and oxygen atoms in total. The van der Waals surface area contributed by atoms with Crippen LogP contribution >= 0.6 is 0 Å².